The van der Waals surface area contributed by atoms with E-state index in [1.54, 1.807) is 0 Å². The third-order valence-electron chi connectivity index (χ3n) is 1.76. The van der Waals surface area contributed by atoms with Crippen LogP contribution < -0.4 is 5.32 Å². The first kappa shape index (κ1) is 10.9. The molecule has 0 saturated carbocycles. The number of aliphatic hydroxyl groups excluding tert-OH is 1. The van der Waals surface area contributed by atoms with Gasteiger partial charge >= 0.3 is 0 Å². The summed E-state index contributed by atoms with van der Waals surface area (Å²) in [6.07, 6.45) is 0. The highest BCUT2D eigenvalue weighted by Crippen LogP contribution is 2.18. The van der Waals surface area contributed by atoms with Gasteiger partial charge in [0.25, 0.3) is 0 Å². The van der Waals surface area contributed by atoms with Gasteiger partial charge in [-0.3, -0.25) is 0 Å². The fourth-order valence-corrected chi connectivity index (χ4v) is 0.979. The Morgan fingerprint density at radius 3 is 1.82 bits per heavy atom. The first-order valence-electron chi connectivity index (χ1n) is 4.25. The second-order valence-corrected chi connectivity index (χ2v) is 4.42. The smallest absolute Gasteiger partial charge is 0.0589 e. The zero-order valence-corrected chi connectivity index (χ0v) is 8.31. The highest BCUT2D eigenvalue weighted by Gasteiger charge is 2.23. The second-order valence-electron chi connectivity index (χ2n) is 4.42. The van der Waals surface area contributed by atoms with Crippen molar-refractivity contribution in [1.29, 1.82) is 0 Å². The Hall–Kier alpha value is -0.0800. The molecule has 0 radical (unpaired) electrons. The van der Waals surface area contributed by atoms with Crippen LogP contribution in [0, 0.1) is 5.41 Å². The molecular weight excluding hydrogens is 138 g/mol. The maximum atomic E-state index is 9.05. The summed E-state index contributed by atoms with van der Waals surface area (Å²) < 4.78 is 0. The average molecular weight is 159 g/mol. The van der Waals surface area contributed by atoms with Gasteiger partial charge in [0.1, 0.15) is 0 Å². The minimum atomic E-state index is 0.138. The van der Waals surface area contributed by atoms with E-state index in [-0.39, 0.29) is 18.1 Å². The Morgan fingerprint density at radius 2 is 1.73 bits per heavy atom. The molecule has 2 heteroatoms. The summed E-state index contributed by atoms with van der Waals surface area (Å²) in [5.74, 6) is 0. The van der Waals surface area contributed by atoms with Crippen molar-refractivity contribution in [2.45, 2.75) is 46.7 Å². The van der Waals surface area contributed by atoms with Crippen molar-refractivity contribution in [2.24, 2.45) is 5.41 Å². The third kappa shape index (κ3) is 4.38. The molecule has 1 atom stereocenters. The van der Waals surface area contributed by atoms with Crippen LogP contribution in [0.1, 0.15) is 34.6 Å². The van der Waals surface area contributed by atoms with Gasteiger partial charge in [0.05, 0.1) is 6.61 Å². The molecular formula is C9H21NO. The molecule has 0 aromatic rings. The Kier molecular flexibility index (Phi) is 4.04. The molecule has 11 heavy (non-hydrogen) atoms. The standard InChI is InChI=1S/C9H21NO/c1-7(2)10-8(6-11)9(3,4)5/h7-8,10-11H,6H2,1-5H3/t8-/m1/s1. The summed E-state index contributed by atoms with van der Waals surface area (Å²) in [7, 11) is 0. The molecule has 0 aliphatic carbocycles. The van der Waals surface area contributed by atoms with E-state index in [1.807, 2.05) is 0 Å². The zero-order valence-electron chi connectivity index (χ0n) is 8.31. The van der Waals surface area contributed by atoms with Crippen molar-refractivity contribution in [3.8, 4) is 0 Å². The van der Waals surface area contributed by atoms with E-state index in [0.29, 0.717) is 6.04 Å². The van der Waals surface area contributed by atoms with Crippen molar-refractivity contribution < 1.29 is 5.11 Å². The molecule has 2 N–H and O–H groups in total. The highest BCUT2D eigenvalue weighted by molar-refractivity contribution is 4.80. The van der Waals surface area contributed by atoms with Crippen LogP contribution in [0.3, 0.4) is 0 Å². The Balaban J connectivity index is 3.96. The van der Waals surface area contributed by atoms with Gasteiger partial charge in [0, 0.05) is 12.1 Å². The van der Waals surface area contributed by atoms with Crippen molar-refractivity contribution in [3.63, 3.8) is 0 Å². The van der Waals surface area contributed by atoms with E-state index < -0.39 is 0 Å². The lowest BCUT2D eigenvalue weighted by Crippen LogP contribution is -2.46. The predicted molar refractivity (Wildman–Crippen MR) is 48.6 cm³/mol. The summed E-state index contributed by atoms with van der Waals surface area (Å²) in [5.41, 5.74) is 0.138. The van der Waals surface area contributed by atoms with Crippen LogP contribution in [0.25, 0.3) is 0 Å². The minimum absolute atomic E-state index is 0.138. The number of nitrogens with one attached hydrogen (secondary N) is 1. The third-order valence-corrected chi connectivity index (χ3v) is 1.76. The quantitative estimate of drug-likeness (QED) is 0.652. The van der Waals surface area contributed by atoms with Crippen molar-refractivity contribution >= 4 is 0 Å². The largest absolute Gasteiger partial charge is 0.395 e. The first-order valence-corrected chi connectivity index (χ1v) is 4.25. The van der Waals surface area contributed by atoms with E-state index in [2.05, 4.69) is 39.9 Å². The molecule has 0 aliphatic rings. The SMILES string of the molecule is CC(C)N[C@H](CO)C(C)(C)C. The van der Waals surface area contributed by atoms with Gasteiger partial charge in [-0.2, -0.15) is 0 Å². The van der Waals surface area contributed by atoms with Crippen LogP contribution in [-0.2, 0) is 0 Å². The lowest BCUT2D eigenvalue weighted by atomic mass is 9.87. The normalized spacial score (nSPS) is 15.5. The topological polar surface area (TPSA) is 32.3 Å². The van der Waals surface area contributed by atoms with E-state index >= 15 is 0 Å². The Labute approximate surface area is 70.0 Å². The molecule has 0 fully saturated rings. The molecule has 0 heterocycles. The summed E-state index contributed by atoms with van der Waals surface area (Å²) in [4.78, 5) is 0. The summed E-state index contributed by atoms with van der Waals surface area (Å²) >= 11 is 0. The van der Waals surface area contributed by atoms with Crippen molar-refractivity contribution in [1.82, 2.24) is 5.32 Å². The fourth-order valence-electron chi connectivity index (χ4n) is 0.979. The molecule has 2 nitrogen and oxygen atoms in total. The molecule has 0 saturated heterocycles. The molecule has 0 aromatic carbocycles. The fraction of sp³-hybridized carbons (Fsp3) is 1.00. The number of rotatable bonds is 3. The van der Waals surface area contributed by atoms with Crippen LogP contribution in [-0.4, -0.2) is 23.8 Å². The zero-order chi connectivity index (χ0) is 9.07. The first-order chi connectivity index (χ1) is 4.88. The van der Waals surface area contributed by atoms with Gasteiger partial charge < -0.3 is 10.4 Å². The van der Waals surface area contributed by atoms with Crippen LogP contribution in [0.4, 0.5) is 0 Å². The van der Waals surface area contributed by atoms with Crippen LogP contribution in [0.15, 0.2) is 0 Å². The van der Waals surface area contributed by atoms with Crippen molar-refractivity contribution in [2.75, 3.05) is 6.61 Å². The van der Waals surface area contributed by atoms with Gasteiger partial charge in [-0.15, -0.1) is 0 Å². The molecule has 0 aromatic heterocycles. The maximum absolute atomic E-state index is 9.05. The number of hydrogen-bond acceptors (Lipinski definition) is 2. The van der Waals surface area contributed by atoms with Gasteiger partial charge in [-0.05, 0) is 5.41 Å². The summed E-state index contributed by atoms with van der Waals surface area (Å²) in [6.45, 7) is 10.8. The molecule has 0 spiro atoms. The van der Waals surface area contributed by atoms with Crippen molar-refractivity contribution in [3.05, 3.63) is 0 Å². The maximum Gasteiger partial charge on any atom is 0.0589 e. The molecule has 0 aliphatic heterocycles. The van der Waals surface area contributed by atoms with Crippen LogP contribution in [0.2, 0.25) is 0 Å². The second kappa shape index (κ2) is 4.07. The predicted octanol–water partition coefficient (Wildman–Crippen LogP) is 1.39. The Morgan fingerprint density at radius 1 is 1.27 bits per heavy atom. The van der Waals surface area contributed by atoms with Gasteiger partial charge in [0.15, 0.2) is 0 Å². The summed E-state index contributed by atoms with van der Waals surface area (Å²) in [6, 6.07) is 0.633. The van der Waals surface area contributed by atoms with E-state index in [9.17, 15) is 0 Å². The lowest BCUT2D eigenvalue weighted by molar-refractivity contribution is 0.152. The number of aliphatic hydroxyl groups is 1. The van der Waals surface area contributed by atoms with Gasteiger partial charge in [-0.25, -0.2) is 0 Å². The van der Waals surface area contributed by atoms with E-state index in [0.717, 1.165) is 0 Å². The highest BCUT2D eigenvalue weighted by atomic mass is 16.3. The van der Waals surface area contributed by atoms with Gasteiger partial charge in [0.2, 0.25) is 0 Å². The monoisotopic (exact) mass is 159 g/mol. The van der Waals surface area contributed by atoms with Crippen LogP contribution in [0.5, 0.6) is 0 Å². The molecule has 0 rings (SSSR count). The average Bonchev–Trinajstić information content (AvgIpc) is 1.79. The molecule has 68 valence electrons. The Bertz CT molecular complexity index is 105. The summed E-state index contributed by atoms with van der Waals surface area (Å²) in [5, 5.41) is 12.4. The minimum Gasteiger partial charge on any atom is -0.395 e. The van der Waals surface area contributed by atoms with E-state index in [1.165, 1.54) is 0 Å². The molecule has 0 amide bonds. The van der Waals surface area contributed by atoms with E-state index in [4.69, 9.17) is 5.11 Å². The molecule has 0 bridgehead atoms. The number of hydrogen-bond donors (Lipinski definition) is 2. The lowest BCUT2D eigenvalue weighted by Gasteiger charge is -2.31. The molecule has 0 unspecified atom stereocenters. The van der Waals surface area contributed by atoms with Gasteiger partial charge in [-0.1, -0.05) is 34.6 Å². The van der Waals surface area contributed by atoms with Crippen LogP contribution >= 0.6 is 0 Å².